The van der Waals surface area contributed by atoms with E-state index in [1.807, 2.05) is 31.2 Å². The maximum Gasteiger partial charge on any atom is 0.331 e. The van der Waals surface area contributed by atoms with Crippen LogP contribution in [0.5, 0.6) is 0 Å². The van der Waals surface area contributed by atoms with E-state index in [9.17, 15) is 9.59 Å². The third-order valence-corrected chi connectivity index (χ3v) is 4.10. The molecule has 0 radical (unpaired) electrons. The fourth-order valence-electron chi connectivity index (χ4n) is 2.81. The molecule has 1 aromatic rings. The average Bonchev–Trinajstić information content (AvgIpc) is 2.55. The van der Waals surface area contributed by atoms with E-state index in [1.165, 1.54) is 0 Å². The van der Waals surface area contributed by atoms with Crippen LogP contribution in [0.4, 0.5) is 5.69 Å². The molecule has 1 aromatic carbocycles. The van der Waals surface area contributed by atoms with Crippen LogP contribution < -0.4 is 4.90 Å². The summed E-state index contributed by atoms with van der Waals surface area (Å²) in [5.74, 6) is -1.06. The highest BCUT2D eigenvalue weighted by molar-refractivity contribution is 5.92. The number of carbonyl (C=O) groups is 2. The summed E-state index contributed by atoms with van der Waals surface area (Å²) in [4.78, 5) is 25.1. The summed E-state index contributed by atoms with van der Waals surface area (Å²) in [5.41, 5.74) is 2.20. The quantitative estimate of drug-likeness (QED) is 0.668. The van der Waals surface area contributed by atoms with Crippen molar-refractivity contribution >= 4 is 23.7 Å². The molecule has 5 nitrogen and oxygen atoms in total. The largest absolute Gasteiger partial charge is 0.478 e. The highest BCUT2D eigenvalue weighted by Crippen LogP contribution is 2.28. The van der Waals surface area contributed by atoms with Crippen LogP contribution in [0.2, 0.25) is 0 Å². The van der Waals surface area contributed by atoms with E-state index in [0.29, 0.717) is 12.2 Å². The van der Waals surface area contributed by atoms with E-state index in [0.717, 1.165) is 37.2 Å². The Morgan fingerprint density at radius 1 is 1.30 bits per heavy atom. The molecule has 1 aliphatic rings. The topological polar surface area (TPSA) is 66.8 Å². The van der Waals surface area contributed by atoms with Crippen molar-refractivity contribution in [2.24, 2.45) is 5.92 Å². The van der Waals surface area contributed by atoms with Crippen LogP contribution in [0.15, 0.2) is 29.8 Å². The molecule has 0 atom stereocenters. The lowest BCUT2D eigenvalue weighted by atomic mass is 9.96. The van der Waals surface area contributed by atoms with E-state index in [4.69, 9.17) is 9.84 Å². The molecule has 2 rings (SSSR count). The summed E-state index contributed by atoms with van der Waals surface area (Å²) in [6.45, 7) is 5.36. The second kappa shape index (κ2) is 7.81. The van der Waals surface area contributed by atoms with Crippen LogP contribution >= 0.6 is 0 Å². The van der Waals surface area contributed by atoms with Crippen molar-refractivity contribution in [2.75, 3.05) is 24.6 Å². The molecule has 23 heavy (non-hydrogen) atoms. The SMILES string of the molecule is CCOC(=O)C1CCN(c2ccccc2/C=C(\C)C(=O)O)CC1. The summed E-state index contributed by atoms with van der Waals surface area (Å²) in [6, 6.07) is 7.75. The average molecular weight is 317 g/mol. The second-order valence-corrected chi connectivity index (χ2v) is 5.70. The number of anilines is 1. The van der Waals surface area contributed by atoms with Crippen molar-refractivity contribution in [1.29, 1.82) is 0 Å². The molecule has 0 aliphatic carbocycles. The lowest BCUT2D eigenvalue weighted by Crippen LogP contribution is -2.37. The molecule has 1 aliphatic heterocycles. The number of nitrogens with zero attached hydrogens (tertiary/aromatic N) is 1. The number of piperidine rings is 1. The maximum atomic E-state index is 11.8. The summed E-state index contributed by atoms with van der Waals surface area (Å²) in [7, 11) is 0. The van der Waals surface area contributed by atoms with Gasteiger partial charge in [0, 0.05) is 24.4 Å². The van der Waals surface area contributed by atoms with E-state index < -0.39 is 5.97 Å². The van der Waals surface area contributed by atoms with Gasteiger partial charge in [-0.25, -0.2) is 4.79 Å². The van der Waals surface area contributed by atoms with Gasteiger partial charge in [0.25, 0.3) is 0 Å². The van der Waals surface area contributed by atoms with Gasteiger partial charge in [-0.15, -0.1) is 0 Å². The fourth-order valence-corrected chi connectivity index (χ4v) is 2.81. The molecule has 0 saturated carbocycles. The Bertz CT molecular complexity index is 601. The van der Waals surface area contributed by atoms with Crippen LogP contribution in [0.1, 0.15) is 32.3 Å². The Labute approximate surface area is 136 Å². The molecule has 0 unspecified atom stereocenters. The van der Waals surface area contributed by atoms with Gasteiger partial charge in [0.15, 0.2) is 0 Å². The molecular formula is C18H23NO4. The molecule has 5 heteroatoms. The number of ether oxygens (including phenoxy) is 1. The fraction of sp³-hybridized carbons (Fsp3) is 0.444. The smallest absolute Gasteiger partial charge is 0.331 e. The third-order valence-electron chi connectivity index (χ3n) is 4.10. The molecule has 0 spiro atoms. The van der Waals surface area contributed by atoms with Gasteiger partial charge < -0.3 is 14.7 Å². The van der Waals surface area contributed by atoms with Gasteiger partial charge in [-0.1, -0.05) is 18.2 Å². The first kappa shape index (κ1) is 17.1. The lowest BCUT2D eigenvalue weighted by molar-refractivity contribution is -0.148. The predicted molar refractivity (Wildman–Crippen MR) is 89.3 cm³/mol. The Kier molecular flexibility index (Phi) is 5.79. The van der Waals surface area contributed by atoms with Crippen LogP contribution in [-0.4, -0.2) is 36.7 Å². The molecule has 1 N–H and O–H groups in total. The van der Waals surface area contributed by atoms with Crippen LogP contribution in [0, 0.1) is 5.92 Å². The zero-order valence-electron chi connectivity index (χ0n) is 13.6. The summed E-state index contributed by atoms with van der Waals surface area (Å²) in [6.07, 6.45) is 3.21. The van der Waals surface area contributed by atoms with Gasteiger partial charge in [-0.3, -0.25) is 4.79 Å². The Balaban J connectivity index is 2.11. The monoisotopic (exact) mass is 317 g/mol. The van der Waals surface area contributed by atoms with E-state index >= 15 is 0 Å². The molecule has 1 saturated heterocycles. The molecule has 0 aromatic heterocycles. The van der Waals surface area contributed by atoms with Gasteiger partial charge in [0.2, 0.25) is 0 Å². The Morgan fingerprint density at radius 2 is 1.96 bits per heavy atom. The first-order chi connectivity index (χ1) is 11.0. The van der Waals surface area contributed by atoms with Crippen LogP contribution in [0.3, 0.4) is 0 Å². The number of benzene rings is 1. The maximum absolute atomic E-state index is 11.8. The zero-order valence-corrected chi connectivity index (χ0v) is 13.6. The van der Waals surface area contributed by atoms with E-state index in [-0.39, 0.29) is 11.9 Å². The van der Waals surface area contributed by atoms with Gasteiger partial charge in [0.05, 0.1) is 12.5 Å². The number of rotatable bonds is 5. The first-order valence-corrected chi connectivity index (χ1v) is 7.95. The first-order valence-electron chi connectivity index (χ1n) is 7.95. The molecule has 1 heterocycles. The Morgan fingerprint density at radius 3 is 2.57 bits per heavy atom. The highest BCUT2D eigenvalue weighted by Gasteiger charge is 2.26. The van der Waals surface area contributed by atoms with Gasteiger partial charge in [-0.2, -0.15) is 0 Å². The van der Waals surface area contributed by atoms with Crippen molar-refractivity contribution < 1.29 is 19.4 Å². The van der Waals surface area contributed by atoms with Gasteiger partial charge in [0.1, 0.15) is 0 Å². The molecule has 124 valence electrons. The molecule has 0 bridgehead atoms. The van der Waals surface area contributed by atoms with Crippen LogP contribution in [-0.2, 0) is 14.3 Å². The number of carboxylic acids is 1. The summed E-state index contributed by atoms with van der Waals surface area (Å²) >= 11 is 0. The third kappa shape index (κ3) is 4.34. The molecule has 1 fully saturated rings. The Hall–Kier alpha value is -2.30. The van der Waals surface area contributed by atoms with E-state index in [1.54, 1.807) is 13.0 Å². The minimum atomic E-state index is -0.916. The number of esters is 1. The number of carbonyl (C=O) groups excluding carboxylic acids is 1. The number of para-hydroxylation sites is 1. The summed E-state index contributed by atoms with van der Waals surface area (Å²) < 4.78 is 5.09. The van der Waals surface area contributed by atoms with Crippen molar-refractivity contribution in [3.63, 3.8) is 0 Å². The van der Waals surface area contributed by atoms with Gasteiger partial charge >= 0.3 is 11.9 Å². The van der Waals surface area contributed by atoms with Crippen molar-refractivity contribution in [3.8, 4) is 0 Å². The zero-order chi connectivity index (χ0) is 16.8. The number of hydrogen-bond acceptors (Lipinski definition) is 4. The van der Waals surface area contributed by atoms with Gasteiger partial charge in [-0.05, 0) is 44.4 Å². The van der Waals surface area contributed by atoms with Crippen molar-refractivity contribution in [1.82, 2.24) is 0 Å². The predicted octanol–water partition coefficient (Wildman–Crippen LogP) is 2.95. The second-order valence-electron chi connectivity index (χ2n) is 5.70. The van der Waals surface area contributed by atoms with E-state index in [2.05, 4.69) is 4.90 Å². The standard InChI is InChI=1S/C18H23NO4/c1-3-23-18(22)14-8-10-19(11-9-14)16-7-5-4-6-15(16)12-13(2)17(20)21/h4-7,12,14H,3,8-11H2,1-2H3,(H,20,21)/b13-12+. The summed E-state index contributed by atoms with van der Waals surface area (Å²) in [5, 5.41) is 9.06. The molecular weight excluding hydrogens is 294 g/mol. The minimum absolute atomic E-state index is 0.0327. The number of carboxylic acid groups (broad SMARTS) is 1. The number of aliphatic carboxylic acids is 1. The lowest BCUT2D eigenvalue weighted by Gasteiger charge is -2.33. The van der Waals surface area contributed by atoms with Crippen molar-refractivity contribution in [2.45, 2.75) is 26.7 Å². The van der Waals surface area contributed by atoms with Crippen LogP contribution in [0.25, 0.3) is 6.08 Å². The molecule has 0 amide bonds. The van der Waals surface area contributed by atoms with Crippen molar-refractivity contribution in [3.05, 3.63) is 35.4 Å². The highest BCUT2D eigenvalue weighted by atomic mass is 16.5. The number of hydrogen-bond donors (Lipinski definition) is 1. The minimum Gasteiger partial charge on any atom is -0.478 e. The normalized spacial score (nSPS) is 16.3.